The van der Waals surface area contributed by atoms with E-state index in [0.717, 1.165) is 13.1 Å². The Balaban J connectivity index is 1.62. The SMILES string of the molecule is Cc1cc(CNCCCN2CCCCC2)c(C)n1C. The summed E-state index contributed by atoms with van der Waals surface area (Å²) in [6.45, 7) is 10.4. The zero-order chi connectivity index (χ0) is 13.7. The van der Waals surface area contributed by atoms with E-state index in [1.54, 1.807) is 0 Å². The average Bonchev–Trinajstić information content (AvgIpc) is 2.67. The van der Waals surface area contributed by atoms with Gasteiger partial charge in [-0.15, -0.1) is 0 Å². The van der Waals surface area contributed by atoms with Gasteiger partial charge in [-0.05, 0) is 70.9 Å². The van der Waals surface area contributed by atoms with Crippen molar-refractivity contribution in [2.45, 2.75) is 46.1 Å². The number of hydrogen-bond donors (Lipinski definition) is 1. The Morgan fingerprint density at radius 2 is 1.89 bits per heavy atom. The van der Waals surface area contributed by atoms with E-state index in [-0.39, 0.29) is 0 Å². The minimum Gasteiger partial charge on any atom is -0.352 e. The predicted molar refractivity (Wildman–Crippen MR) is 81.5 cm³/mol. The van der Waals surface area contributed by atoms with E-state index in [1.807, 2.05) is 0 Å². The molecule has 1 aromatic rings. The van der Waals surface area contributed by atoms with Gasteiger partial charge in [0.1, 0.15) is 0 Å². The summed E-state index contributed by atoms with van der Waals surface area (Å²) in [7, 11) is 2.14. The second-order valence-corrected chi connectivity index (χ2v) is 5.89. The third-order valence-electron chi connectivity index (χ3n) is 4.47. The molecular weight excluding hydrogens is 234 g/mol. The number of hydrogen-bond acceptors (Lipinski definition) is 2. The molecule has 1 aromatic heterocycles. The third-order valence-corrected chi connectivity index (χ3v) is 4.47. The number of nitrogens with one attached hydrogen (secondary N) is 1. The van der Waals surface area contributed by atoms with E-state index < -0.39 is 0 Å². The summed E-state index contributed by atoms with van der Waals surface area (Å²) in [4.78, 5) is 2.61. The summed E-state index contributed by atoms with van der Waals surface area (Å²) >= 11 is 0. The van der Waals surface area contributed by atoms with Gasteiger partial charge in [0, 0.05) is 25.0 Å². The average molecular weight is 263 g/mol. The highest BCUT2D eigenvalue weighted by molar-refractivity contribution is 5.26. The van der Waals surface area contributed by atoms with Crippen LogP contribution in [0.15, 0.2) is 6.07 Å². The summed E-state index contributed by atoms with van der Waals surface area (Å²) in [6.07, 6.45) is 5.50. The highest BCUT2D eigenvalue weighted by Crippen LogP contribution is 2.12. The predicted octanol–water partition coefficient (Wildman–Crippen LogP) is 2.61. The van der Waals surface area contributed by atoms with E-state index in [4.69, 9.17) is 0 Å². The van der Waals surface area contributed by atoms with Gasteiger partial charge in [-0.1, -0.05) is 6.42 Å². The molecule has 3 heteroatoms. The van der Waals surface area contributed by atoms with Crippen LogP contribution in [0.25, 0.3) is 0 Å². The second-order valence-electron chi connectivity index (χ2n) is 5.89. The molecule has 1 saturated heterocycles. The smallest absolute Gasteiger partial charge is 0.0223 e. The van der Waals surface area contributed by atoms with Gasteiger partial charge in [0.25, 0.3) is 0 Å². The van der Waals surface area contributed by atoms with Crippen molar-refractivity contribution in [3.05, 3.63) is 23.0 Å². The summed E-state index contributed by atoms with van der Waals surface area (Å²) in [5, 5.41) is 3.58. The quantitative estimate of drug-likeness (QED) is 0.796. The van der Waals surface area contributed by atoms with Gasteiger partial charge in [-0.3, -0.25) is 0 Å². The fourth-order valence-corrected chi connectivity index (χ4v) is 2.95. The molecule has 0 aliphatic carbocycles. The van der Waals surface area contributed by atoms with Crippen LogP contribution in [0.2, 0.25) is 0 Å². The molecule has 108 valence electrons. The number of aryl methyl sites for hydroxylation is 1. The van der Waals surface area contributed by atoms with Crippen LogP contribution in [0.4, 0.5) is 0 Å². The van der Waals surface area contributed by atoms with Crippen LogP contribution in [0.5, 0.6) is 0 Å². The maximum atomic E-state index is 3.58. The Kier molecular flexibility index (Phi) is 5.46. The molecule has 1 aliphatic heterocycles. The molecule has 0 saturated carbocycles. The minimum absolute atomic E-state index is 1.01. The maximum absolute atomic E-state index is 3.58. The van der Waals surface area contributed by atoms with Gasteiger partial charge in [0.05, 0.1) is 0 Å². The molecule has 3 nitrogen and oxygen atoms in total. The lowest BCUT2D eigenvalue weighted by Crippen LogP contribution is -2.32. The monoisotopic (exact) mass is 263 g/mol. The second kappa shape index (κ2) is 7.11. The lowest BCUT2D eigenvalue weighted by Gasteiger charge is -2.26. The summed E-state index contributed by atoms with van der Waals surface area (Å²) in [5.74, 6) is 0. The summed E-state index contributed by atoms with van der Waals surface area (Å²) in [6, 6.07) is 2.30. The molecule has 0 atom stereocenters. The van der Waals surface area contributed by atoms with Crippen LogP contribution < -0.4 is 5.32 Å². The van der Waals surface area contributed by atoms with Gasteiger partial charge < -0.3 is 14.8 Å². The van der Waals surface area contributed by atoms with Crippen LogP contribution >= 0.6 is 0 Å². The molecule has 0 aromatic carbocycles. The highest BCUT2D eigenvalue weighted by Gasteiger charge is 2.09. The van der Waals surface area contributed by atoms with Crippen molar-refractivity contribution in [1.82, 2.24) is 14.8 Å². The topological polar surface area (TPSA) is 20.2 Å². The molecule has 0 bridgehead atoms. The molecule has 0 unspecified atom stereocenters. The van der Waals surface area contributed by atoms with Crippen molar-refractivity contribution in [2.24, 2.45) is 7.05 Å². The van der Waals surface area contributed by atoms with Gasteiger partial charge in [-0.2, -0.15) is 0 Å². The molecule has 1 aliphatic rings. The first-order valence-electron chi connectivity index (χ1n) is 7.73. The highest BCUT2D eigenvalue weighted by atomic mass is 15.1. The van der Waals surface area contributed by atoms with E-state index in [0.29, 0.717) is 0 Å². The number of piperidine rings is 1. The Morgan fingerprint density at radius 3 is 2.53 bits per heavy atom. The molecule has 1 N–H and O–H groups in total. The molecule has 2 heterocycles. The van der Waals surface area contributed by atoms with Crippen molar-refractivity contribution in [2.75, 3.05) is 26.2 Å². The Hall–Kier alpha value is -0.800. The van der Waals surface area contributed by atoms with Crippen LogP contribution in [-0.2, 0) is 13.6 Å². The lowest BCUT2D eigenvalue weighted by atomic mass is 10.1. The van der Waals surface area contributed by atoms with Crippen molar-refractivity contribution >= 4 is 0 Å². The van der Waals surface area contributed by atoms with Crippen molar-refractivity contribution in [1.29, 1.82) is 0 Å². The van der Waals surface area contributed by atoms with Crippen LogP contribution in [0, 0.1) is 13.8 Å². The van der Waals surface area contributed by atoms with E-state index in [2.05, 4.69) is 41.7 Å². The normalized spacial score (nSPS) is 17.0. The molecule has 1 fully saturated rings. The standard InChI is InChI=1S/C16H29N3/c1-14-12-16(15(2)18(14)3)13-17-8-7-11-19-9-5-4-6-10-19/h12,17H,4-11,13H2,1-3H3. The molecule has 0 radical (unpaired) electrons. The number of nitrogens with zero attached hydrogens (tertiary/aromatic N) is 2. The minimum atomic E-state index is 1.01. The molecular formula is C16H29N3. The van der Waals surface area contributed by atoms with E-state index in [9.17, 15) is 0 Å². The zero-order valence-corrected chi connectivity index (χ0v) is 12.8. The van der Waals surface area contributed by atoms with Gasteiger partial charge in [-0.25, -0.2) is 0 Å². The maximum Gasteiger partial charge on any atom is 0.0223 e. The van der Waals surface area contributed by atoms with Gasteiger partial charge >= 0.3 is 0 Å². The molecule has 0 spiro atoms. The molecule has 2 rings (SSSR count). The largest absolute Gasteiger partial charge is 0.352 e. The number of aromatic nitrogens is 1. The van der Waals surface area contributed by atoms with E-state index >= 15 is 0 Å². The van der Waals surface area contributed by atoms with Crippen LogP contribution in [0.3, 0.4) is 0 Å². The van der Waals surface area contributed by atoms with Gasteiger partial charge in [0.2, 0.25) is 0 Å². The zero-order valence-electron chi connectivity index (χ0n) is 12.8. The van der Waals surface area contributed by atoms with E-state index in [1.165, 1.54) is 62.3 Å². The molecule has 0 amide bonds. The summed E-state index contributed by atoms with van der Waals surface area (Å²) in [5.41, 5.74) is 4.18. The summed E-state index contributed by atoms with van der Waals surface area (Å²) < 4.78 is 2.27. The Labute approximate surface area is 118 Å². The molecule has 19 heavy (non-hydrogen) atoms. The fraction of sp³-hybridized carbons (Fsp3) is 0.750. The van der Waals surface area contributed by atoms with Crippen molar-refractivity contribution in [3.8, 4) is 0 Å². The fourth-order valence-electron chi connectivity index (χ4n) is 2.95. The number of likely N-dealkylation sites (tertiary alicyclic amines) is 1. The van der Waals surface area contributed by atoms with Crippen LogP contribution in [0.1, 0.15) is 42.6 Å². The number of rotatable bonds is 6. The van der Waals surface area contributed by atoms with Crippen molar-refractivity contribution in [3.63, 3.8) is 0 Å². The Morgan fingerprint density at radius 1 is 1.16 bits per heavy atom. The van der Waals surface area contributed by atoms with Crippen molar-refractivity contribution < 1.29 is 0 Å². The van der Waals surface area contributed by atoms with Gasteiger partial charge in [0.15, 0.2) is 0 Å². The first-order valence-corrected chi connectivity index (χ1v) is 7.73. The first-order chi connectivity index (χ1) is 9.18. The Bertz CT molecular complexity index is 389. The first kappa shape index (κ1) is 14.6. The van der Waals surface area contributed by atoms with Crippen LogP contribution in [-0.4, -0.2) is 35.6 Å². The third kappa shape index (κ3) is 4.08. The lowest BCUT2D eigenvalue weighted by molar-refractivity contribution is 0.225.